The summed E-state index contributed by atoms with van der Waals surface area (Å²) < 4.78 is 1.13. The first kappa shape index (κ1) is 12.8. The Morgan fingerprint density at radius 3 is 0.905 bits per heavy atom. The molecule has 0 radical (unpaired) electrons. The predicted molar refractivity (Wildman–Crippen MR) is 46.1 cm³/mol. The quantitative estimate of drug-likeness (QED) is 0.531. The molecule has 3 aliphatic heterocycles. The summed E-state index contributed by atoms with van der Waals surface area (Å²) in [5, 5.41) is 11.8. The maximum Gasteiger partial charge on any atom is 0.344 e. The molecule has 3 aliphatic rings. The minimum absolute atomic E-state index is 0.376. The van der Waals surface area contributed by atoms with Crippen molar-refractivity contribution in [3.05, 3.63) is 31.5 Å². The fourth-order valence-corrected chi connectivity index (χ4v) is 1.62. The summed E-state index contributed by atoms with van der Waals surface area (Å²) in [6.45, 7) is 0. The van der Waals surface area contributed by atoms with Gasteiger partial charge in [0.15, 0.2) is 0 Å². The molecule has 0 aliphatic carbocycles. The molecular formula is C6H3N3O12. The first-order chi connectivity index (χ1) is 10.2. The molecular weight excluding hydrogens is 306 g/mol. The topological polar surface area (TPSA) is 149 Å². The smallest absolute Gasteiger partial charge is 0.247 e. The van der Waals surface area contributed by atoms with Crippen LogP contribution < -0.4 is 17.1 Å². The molecule has 0 saturated carbocycles. The van der Waals surface area contributed by atoms with E-state index >= 15 is 0 Å². The minimum Gasteiger partial charge on any atom is -0.247 e. The van der Waals surface area contributed by atoms with E-state index in [2.05, 4.69) is 44.4 Å². The Labute approximate surface area is 110 Å². The molecule has 15 nitrogen and oxygen atoms in total. The predicted octanol–water partition coefficient (Wildman–Crippen LogP) is -2.78. The largest absolute Gasteiger partial charge is 0.344 e. The highest BCUT2D eigenvalue weighted by Gasteiger charge is 2.39. The molecule has 0 N–H and O–H groups in total. The van der Waals surface area contributed by atoms with Crippen LogP contribution in [0.3, 0.4) is 0 Å². The monoisotopic (exact) mass is 309 g/mol. The molecule has 15 heteroatoms. The van der Waals surface area contributed by atoms with Gasteiger partial charge in [-0.05, 0) is 0 Å². The standard InChI is InChI=1S/C6H3N3O12/c10-1-7(4-13-19-14-4)2(11)9(6-17-21-18-6)3(12)8(1)5-15-20-16-5/h4-6H. The molecule has 114 valence electrons. The molecule has 0 amide bonds. The lowest BCUT2D eigenvalue weighted by molar-refractivity contribution is -0.721. The van der Waals surface area contributed by atoms with E-state index in [0.717, 1.165) is 0 Å². The van der Waals surface area contributed by atoms with Gasteiger partial charge in [0, 0.05) is 0 Å². The molecule has 0 spiro atoms. The second-order valence-corrected chi connectivity index (χ2v) is 3.66. The number of aromatic nitrogens is 3. The van der Waals surface area contributed by atoms with E-state index in [0.29, 0.717) is 13.7 Å². The normalized spacial score (nSPS) is 23.4. The van der Waals surface area contributed by atoms with E-state index < -0.39 is 36.3 Å². The van der Waals surface area contributed by atoms with Crippen LogP contribution in [0.15, 0.2) is 14.4 Å². The Morgan fingerprint density at radius 1 is 0.524 bits per heavy atom. The van der Waals surface area contributed by atoms with Gasteiger partial charge in [-0.15, -0.1) is 29.3 Å². The lowest BCUT2D eigenvalue weighted by Gasteiger charge is -2.29. The SMILES string of the molecule is O=c1n(C2OOO2)c(=O)n(C2OOO2)c(=O)n1C1OOO1. The molecule has 0 atom stereocenters. The van der Waals surface area contributed by atoms with Crippen LogP contribution in [0.2, 0.25) is 0 Å². The third kappa shape index (κ3) is 1.72. The van der Waals surface area contributed by atoms with Gasteiger partial charge in [-0.1, -0.05) is 15.1 Å². The van der Waals surface area contributed by atoms with E-state index in [1.54, 1.807) is 0 Å². The summed E-state index contributed by atoms with van der Waals surface area (Å²) in [5.41, 5.74) is -3.53. The zero-order chi connectivity index (χ0) is 14.6. The molecule has 21 heavy (non-hydrogen) atoms. The summed E-state index contributed by atoms with van der Waals surface area (Å²) in [7, 11) is 0. The number of nitrogens with zero attached hydrogens (tertiary/aromatic N) is 3. The highest BCUT2D eigenvalue weighted by atomic mass is 17.6. The van der Waals surface area contributed by atoms with E-state index in [4.69, 9.17) is 0 Å². The fourth-order valence-electron chi connectivity index (χ4n) is 1.62. The van der Waals surface area contributed by atoms with Crippen molar-refractivity contribution in [2.24, 2.45) is 0 Å². The van der Waals surface area contributed by atoms with Crippen molar-refractivity contribution in [1.29, 1.82) is 0 Å². The van der Waals surface area contributed by atoms with Crippen LogP contribution >= 0.6 is 0 Å². The van der Waals surface area contributed by atoms with Crippen LogP contribution in [0.25, 0.3) is 0 Å². The van der Waals surface area contributed by atoms with E-state index in [-0.39, 0.29) is 0 Å². The average Bonchev–Trinajstić information content (AvgIpc) is 2.28. The van der Waals surface area contributed by atoms with Crippen LogP contribution in [0, 0.1) is 0 Å². The molecule has 4 heterocycles. The van der Waals surface area contributed by atoms with Gasteiger partial charge < -0.3 is 0 Å². The zero-order valence-electron chi connectivity index (χ0n) is 9.47. The molecule has 0 aromatic carbocycles. The summed E-state index contributed by atoms with van der Waals surface area (Å²) in [5.74, 6) is 0. The summed E-state index contributed by atoms with van der Waals surface area (Å²) >= 11 is 0. The first-order valence-electron chi connectivity index (χ1n) is 5.14. The van der Waals surface area contributed by atoms with Crippen molar-refractivity contribution in [1.82, 2.24) is 13.7 Å². The Kier molecular flexibility index (Phi) is 2.75. The van der Waals surface area contributed by atoms with Crippen LogP contribution in [0.5, 0.6) is 0 Å². The Bertz CT molecular complexity index is 605. The van der Waals surface area contributed by atoms with Gasteiger partial charge >= 0.3 is 36.3 Å². The van der Waals surface area contributed by atoms with E-state index in [1.165, 1.54) is 0 Å². The zero-order valence-corrected chi connectivity index (χ0v) is 9.47. The summed E-state index contributed by atoms with van der Waals surface area (Å²) in [4.78, 5) is 62.7. The second-order valence-electron chi connectivity index (χ2n) is 3.66. The van der Waals surface area contributed by atoms with Gasteiger partial charge in [0.25, 0.3) is 0 Å². The van der Waals surface area contributed by atoms with Gasteiger partial charge in [0.05, 0.1) is 0 Å². The third-order valence-corrected chi connectivity index (χ3v) is 2.60. The minimum atomic E-state index is -1.52. The van der Waals surface area contributed by atoms with Crippen LogP contribution in [0.4, 0.5) is 0 Å². The van der Waals surface area contributed by atoms with Crippen LogP contribution in [-0.2, 0) is 44.4 Å². The average molecular weight is 309 g/mol. The molecule has 0 unspecified atom stereocenters. The van der Waals surface area contributed by atoms with Crippen molar-refractivity contribution in [3.63, 3.8) is 0 Å². The molecule has 3 fully saturated rings. The van der Waals surface area contributed by atoms with Crippen molar-refractivity contribution in [2.75, 3.05) is 0 Å². The van der Waals surface area contributed by atoms with E-state index in [9.17, 15) is 14.4 Å². The molecule has 1 aromatic heterocycles. The van der Waals surface area contributed by atoms with Gasteiger partial charge in [-0.2, -0.15) is 13.7 Å². The Hall–Kier alpha value is -1.95. The number of rotatable bonds is 3. The van der Waals surface area contributed by atoms with Crippen molar-refractivity contribution >= 4 is 0 Å². The Balaban J connectivity index is 1.95. The van der Waals surface area contributed by atoms with Crippen molar-refractivity contribution < 1.29 is 44.4 Å². The van der Waals surface area contributed by atoms with Crippen molar-refractivity contribution in [2.45, 2.75) is 19.2 Å². The van der Waals surface area contributed by atoms with Crippen LogP contribution in [-0.4, -0.2) is 13.7 Å². The second kappa shape index (κ2) is 4.53. The van der Waals surface area contributed by atoms with Gasteiger partial charge in [0.1, 0.15) is 0 Å². The molecule has 4 rings (SSSR count). The summed E-state index contributed by atoms with van der Waals surface area (Å²) in [6.07, 6.45) is -4.57. The maximum absolute atomic E-state index is 12.1. The maximum atomic E-state index is 12.1. The van der Waals surface area contributed by atoms with E-state index in [1.807, 2.05) is 0 Å². The molecule has 0 bridgehead atoms. The first-order valence-corrected chi connectivity index (χ1v) is 5.14. The lowest BCUT2D eigenvalue weighted by Crippen LogP contribution is -2.61. The number of hydrogen-bond acceptors (Lipinski definition) is 12. The summed E-state index contributed by atoms with van der Waals surface area (Å²) in [6, 6.07) is 0. The van der Waals surface area contributed by atoms with Gasteiger partial charge in [-0.25, -0.2) is 14.4 Å². The third-order valence-electron chi connectivity index (χ3n) is 2.60. The molecule has 1 aromatic rings. The van der Waals surface area contributed by atoms with Gasteiger partial charge in [0.2, 0.25) is 0 Å². The Morgan fingerprint density at radius 2 is 0.762 bits per heavy atom. The fraction of sp³-hybridized carbons (Fsp3) is 0.500. The van der Waals surface area contributed by atoms with Crippen molar-refractivity contribution in [3.8, 4) is 0 Å². The highest BCUT2D eigenvalue weighted by molar-refractivity contribution is 4.81. The lowest BCUT2D eigenvalue weighted by atomic mass is 10.7. The highest BCUT2D eigenvalue weighted by Crippen LogP contribution is 2.22. The molecule has 3 saturated heterocycles. The number of hydrogen-bond donors (Lipinski definition) is 0. The van der Waals surface area contributed by atoms with Gasteiger partial charge in [-0.3, -0.25) is 0 Å². The van der Waals surface area contributed by atoms with Crippen LogP contribution in [0.1, 0.15) is 19.2 Å².